The van der Waals surface area contributed by atoms with E-state index in [-0.39, 0.29) is 0 Å². The summed E-state index contributed by atoms with van der Waals surface area (Å²) in [5.41, 5.74) is 1.28. The van der Waals surface area contributed by atoms with Gasteiger partial charge in [0.2, 0.25) is 0 Å². The maximum atomic E-state index is 5.83. The van der Waals surface area contributed by atoms with Gasteiger partial charge in [-0.15, -0.1) is 0 Å². The Morgan fingerprint density at radius 1 is 1.47 bits per heavy atom. The van der Waals surface area contributed by atoms with Gasteiger partial charge in [0.1, 0.15) is 11.5 Å². The third-order valence-corrected chi connectivity index (χ3v) is 3.71. The van der Waals surface area contributed by atoms with Crippen LogP contribution in [0.5, 0.6) is 0 Å². The minimum atomic E-state index is 0.683. The summed E-state index contributed by atoms with van der Waals surface area (Å²) in [5.74, 6) is 2.97. The molecule has 96 valence electrons. The molecule has 0 aromatic carbocycles. The Morgan fingerprint density at radius 3 is 2.82 bits per heavy atom. The Labute approximate surface area is 104 Å². The second-order valence-corrected chi connectivity index (χ2v) is 5.44. The van der Waals surface area contributed by atoms with Crippen molar-refractivity contribution in [1.82, 2.24) is 10.2 Å². The number of nitrogens with zero attached hydrogens (tertiary/aromatic N) is 1. The Hall–Kier alpha value is -0.800. The molecule has 1 aliphatic rings. The number of hydrogen-bond donors (Lipinski definition) is 1. The SMILES string of the molecule is CNCc1cc(CN2CC(C)CC2C)oc1C. The zero-order chi connectivity index (χ0) is 12.4. The minimum Gasteiger partial charge on any atom is -0.465 e. The van der Waals surface area contributed by atoms with Crippen LogP contribution >= 0.6 is 0 Å². The molecule has 0 amide bonds. The van der Waals surface area contributed by atoms with Gasteiger partial charge in [-0.2, -0.15) is 0 Å². The summed E-state index contributed by atoms with van der Waals surface area (Å²) in [7, 11) is 1.97. The summed E-state index contributed by atoms with van der Waals surface area (Å²) in [6.45, 7) is 9.73. The normalized spacial score (nSPS) is 25.6. The number of rotatable bonds is 4. The molecule has 0 spiro atoms. The fraction of sp³-hybridized carbons (Fsp3) is 0.714. The maximum absolute atomic E-state index is 5.83. The molecule has 3 heteroatoms. The molecular weight excluding hydrogens is 212 g/mol. The highest BCUT2D eigenvalue weighted by molar-refractivity contribution is 5.20. The van der Waals surface area contributed by atoms with Gasteiger partial charge in [-0.3, -0.25) is 4.90 Å². The lowest BCUT2D eigenvalue weighted by atomic mass is 10.1. The zero-order valence-corrected chi connectivity index (χ0v) is 11.4. The van der Waals surface area contributed by atoms with Crippen LogP contribution < -0.4 is 5.32 Å². The third kappa shape index (κ3) is 2.90. The molecule has 2 rings (SSSR count). The van der Waals surface area contributed by atoms with Crippen LogP contribution in [0.4, 0.5) is 0 Å². The summed E-state index contributed by atoms with van der Waals surface area (Å²) >= 11 is 0. The number of nitrogens with one attached hydrogen (secondary N) is 1. The average molecular weight is 236 g/mol. The molecule has 0 bridgehead atoms. The van der Waals surface area contributed by atoms with Crippen LogP contribution in [0.3, 0.4) is 0 Å². The summed E-state index contributed by atoms with van der Waals surface area (Å²) in [4.78, 5) is 2.52. The van der Waals surface area contributed by atoms with E-state index in [0.29, 0.717) is 6.04 Å². The predicted molar refractivity (Wildman–Crippen MR) is 69.9 cm³/mol. The van der Waals surface area contributed by atoms with Gasteiger partial charge in [0.15, 0.2) is 0 Å². The van der Waals surface area contributed by atoms with Crippen LogP contribution in [-0.4, -0.2) is 24.5 Å². The highest BCUT2D eigenvalue weighted by atomic mass is 16.3. The fourth-order valence-corrected chi connectivity index (χ4v) is 2.84. The molecule has 3 nitrogen and oxygen atoms in total. The van der Waals surface area contributed by atoms with Crippen LogP contribution in [0.15, 0.2) is 10.5 Å². The molecule has 1 N–H and O–H groups in total. The van der Waals surface area contributed by atoms with Crippen molar-refractivity contribution in [3.63, 3.8) is 0 Å². The molecule has 2 atom stereocenters. The van der Waals surface area contributed by atoms with Crippen LogP contribution in [0.1, 0.15) is 37.4 Å². The maximum Gasteiger partial charge on any atom is 0.118 e. The summed E-state index contributed by atoms with van der Waals surface area (Å²) < 4.78 is 5.83. The van der Waals surface area contributed by atoms with Crippen molar-refractivity contribution in [2.24, 2.45) is 5.92 Å². The highest BCUT2D eigenvalue weighted by Crippen LogP contribution is 2.25. The van der Waals surface area contributed by atoms with Crippen molar-refractivity contribution < 1.29 is 4.42 Å². The Morgan fingerprint density at radius 2 is 2.24 bits per heavy atom. The molecule has 1 fully saturated rings. The molecule has 1 aromatic rings. The molecule has 1 aromatic heterocycles. The molecule has 17 heavy (non-hydrogen) atoms. The predicted octanol–water partition coefficient (Wildman–Crippen LogP) is 2.54. The fourth-order valence-electron chi connectivity index (χ4n) is 2.84. The largest absolute Gasteiger partial charge is 0.465 e. The van der Waals surface area contributed by atoms with Gasteiger partial charge in [-0.25, -0.2) is 0 Å². The summed E-state index contributed by atoms with van der Waals surface area (Å²) in [6.07, 6.45) is 1.31. The number of furan rings is 1. The Balaban J connectivity index is 2.01. The number of likely N-dealkylation sites (tertiary alicyclic amines) is 1. The number of aryl methyl sites for hydroxylation is 1. The van der Waals surface area contributed by atoms with Gasteiger partial charge < -0.3 is 9.73 Å². The van der Waals surface area contributed by atoms with E-state index in [1.54, 1.807) is 0 Å². The van der Waals surface area contributed by atoms with E-state index in [4.69, 9.17) is 4.42 Å². The summed E-state index contributed by atoms with van der Waals surface area (Å²) in [5, 5.41) is 3.17. The first-order valence-corrected chi connectivity index (χ1v) is 6.57. The average Bonchev–Trinajstić information content (AvgIpc) is 2.73. The smallest absolute Gasteiger partial charge is 0.118 e. The van der Waals surface area contributed by atoms with Crippen molar-refractivity contribution in [3.8, 4) is 0 Å². The second kappa shape index (κ2) is 5.23. The van der Waals surface area contributed by atoms with Gasteiger partial charge in [0, 0.05) is 24.7 Å². The van der Waals surface area contributed by atoms with Gasteiger partial charge in [-0.05, 0) is 39.3 Å². The van der Waals surface area contributed by atoms with Crippen LogP contribution in [0.25, 0.3) is 0 Å². The molecule has 2 unspecified atom stereocenters. The van der Waals surface area contributed by atoms with Crippen molar-refractivity contribution in [3.05, 3.63) is 23.2 Å². The van der Waals surface area contributed by atoms with E-state index in [0.717, 1.165) is 30.5 Å². The minimum absolute atomic E-state index is 0.683. The molecule has 0 radical (unpaired) electrons. The Bertz CT molecular complexity index is 372. The van der Waals surface area contributed by atoms with Gasteiger partial charge >= 0.3 is 0 Å². The van der Waals surface area contributed by atoms with E-state index in [1.807, 2.05) is 14.0 Å². The van der Waals surface area contributed by atoms with E-state index in [2.05, 4.69) is 30.1 Å². The van der Waals surface area contributed by atoms with Crippen LogP contribution in [-0.2, 0) is 13.1 Å². The first kappa shape index (κ1) is 12.7. The molecular formula is C14H24N2O. The quantitative estimate of drug-likeness (QED) is 0.871. The van der Waals surface area contributed by atoms with E-state index < -0.39 is 0 Å². The highest BCUT2D eigenvalue weighted by Gasteiger charge is 2.26. The van der Waals surface area contributed by atoms with Gasteiger partial charge in [0.05, 0.1) is 6.54 Å². The van der Waals surface area contributed by atoms with Crippen molar-refractivity contribution in [2.45, 2.75) is 46.3 Å². The second-order valence-electron chi connectivity index (χ2n) is 5.44. The molecule has 0 saturated carbocycles. The third-order valence-electron chi connectivity index (χ3n) is 3.71. The molecule has 1 saturated heterocycles. The van der Waals surface area contributed by atoms with E-state index in [9.17, 15) is 0 Å². The van der Waals surface area contributed by atoms with E-state index in [1.165, 1.54) is 18.5 Å². The monoisotopic (exact) mass is 236 g/mol. The molecule has 0 aliphatic carbocycles. The molecule has 2 heterocycles. The van der Waals surface area contributed by atoms with E-state index >= 15 is 0 Å². The lowest BCUT2D eigenvalue weighted by molar-refractivity contribution is 0.234. The van der Waals surface area contributed by atoms with Crippen molar-refractivity contribution >= 4 is 0 Å². The van der Waals surface area contributed by atoms with Gasteiger partial charge in [-0.1, -0.05) is 6.92 Å². The first-order valence-electron chi connectivity index (χ1n) is 6.57. The lowest BCUT2D eigenvalue weighted by Gasteiger charge is -2.19. The van der Waals surface area contributed by atoms with Crippen LogP contribution in [0.2, 0.25) is 0 Å². The van der Waals surface area contributed by atoms with Gasteiger partial charge in [0.25, 0.3) is 0 Å². The topological polar surface area (TPSA) is 28.4 Å². The lowest BCUT2D eigenvalue weighted by Crippen LogP contribution is -2.26. The standard InChI is InChI=1S/C14H24N2O/c1-10-5-11(2)16(8-10)9-14-6-13(7-15-4)12(3)17-14/h6,10-11,15H,5,7-9H2,1-4H3. The zero-order valence-electron chi connectivity index (χ0n) is 11.4. The first-order chi connectivity index (χ1) is 8.10. The van der Waals surface area contributed by atoms with Crippen LogP contribution in [0, 0.1) is 12.8 Å². The molecule has 1 aliphatic heterocycles. The van der Waals surface area contributed by atoms with Crippen molar-refractivity contribution in [1.29, 1.82) is 0 Å². The number of hydrogen-bond acceptors (Lipinski definition) is 3. The summed E-state index contributed by atoms with van der Waals surface area (Å²) in [6, 6.07) is 2.88. The Kier molecular flexibility index (Phi) is 3.89. The van der Waals surface area contributed by atoms with Crippen molar-refractivity contribution in [2.75, 3.05) is 13.6 Å².